The highest BCUT2D eigenvalue weighted by molar-refractivity contribution is 7.89. The van der Waals surface area contributed by atoms with Crippen molar-refractivity contribution in [3.05, 3.63) is 29.6 Å². The summed E-state index contributed by atoms with van der Waals surface area (Å²) in [4.78, 5) is 10.6. The molecule has 1 rings (SSSR count). The Labute approximate surface area is 122 Å². The molecular formula is C13H15FN2O4S. The Balaban J connectivity index is 3.27. The normalized spacial score (nSPS) is 14.2. The lowest BCUT2D eigenvalue weighted by Crippen LogP contribution is -2.45. The maximum absolute atomic E-state index is 13.5. The van der Waals surface area contributed by atoms with Crippen molar-refractivity contribution >= 4 is 16.0 Å². The first-order chi connectivity index (χ1) is 9.74. The largest absolute Gasteiger partial charge is 0.480 e. The van der Waals surface area contributed by atoms with E-state index in [1.54, 1.807) is 13.8 Å². The van der Waals surface area contributed by atoms with Crippen LogP contribution in [0.3, 0.4) is 0 Å². The van der Waals surface area contributed by atoms with Crippen molar-refractivity contribution in [3.8, 4) is 6.07 Å². The van der Waals surface area contributed by atoms with Gasteiger partial charge >= 0.3 is 5.97 Å². The standard InChI is InChI=1S/C13H15FN2O4S/c1-3-8(2)12(13(17)18)16-21(19,20)11-6-4-5-10(14)9(11)7-15/h4-6,8,12,16H,3H2,1-2H3,(H,17,18)/t8-,12-/m0/s1. The molecule has 0 bridgehead atoms. The fraction of sp³-hybridized carbons (Fsp3) is 0.385. The van der Waals surface area contributed by atoms with Crippen molar-refractivity contribution in [2.45, 2.75) is 31.2 Å². The number of nitrogens with one attached hydrogen (secondary N) is 1. The molecule has 0 spiro atoms. The van der Waals surface area contributed by atoms with Crippen LogP contribution in [0.25, 0.3) is 0 Å². The number of aliphatic carboxylic acids is 1. The van der Waals surface area contributed by atoms with Gasteiger partial charge in [0.05, 0.1) is 0 Å². The van der Waals surface area contributed by atoms with Gasteiger partial charge in [-0.2, -0.15) is 9.98 Å². The van der Waals surface area contributed by atoms with Crippen molar-refractivity contribution in [3.63, 3.8) is 0 Å². The molecule has 0 aliphatic heterocycles. The molecule has 0 amide bonds. The minimum atomic E-state index is -4.32. The van der Waals surface area contributed by atoms with Gasteiger partial charge < -0.3 is 5.11 Å². The van der Waals surface area contributed by atoms with Gasteiger partial charge in [-0.25, -0.2) is 12.8 Å². The molecule has 0 heterocycles. The van der Waals surface area contributed by atoms with Crippen molar-refractivity contribution in [2.24, 2.45) is 5.92 Å². The molecule has 0 saturated heterocycles. The first kappa shape index (κ1) is 17.1. The predicted molar refractivity (Wildman–Crippen MR) is 72.3 cm³/mol. The number of rotatable bonds is 6. The number of hydrogen-bond donors (Lipinski definition) is 2. The number of nitriles is 1. The second-order valence-corrected chi connectivity index (χ2v) is 6.23. The number of nitrogens with zero attached hydrogens (tertiary/aromatic N) is 1. The van der Waals surface area contributed by atoms with E-state index in [9.17, 15) is 17.6 Å². The number of benzene rings is 1. The molecule has 8 heteroatoms. The Bertz CT molecular complexity index is 682. The topological polar surface area (TPSA) is 107 Å². The molecule has 1 aromatic rings. The van der Waals surface area contributed by atoms with Crippen LogP contribution in [0, 0.1) is 23.1 Å². The highest BCUT2D eigenvalue weighted by Gasteiger charge is 2.31. The van der Waals surface area contributed by atoms with Crippen molar-refractivity contribution in [2.75, 3.05) is 0 Å². The van der Waals surface area contributed by atoms with Gasteiger partial charge in [-0.1, -0.05) is 26.3 Å². The van der Waals surface area contributed by atoms with Crippen molar-refractivity contribution < 1.29 is 22.7 Å². The zero-order valence-corrected chi connectivity index (χ0v) is 12.3. The second kappa shape index (κ2) is 6.65. The van der Waals surface area contributed by atoms with Crippen LogP contribution >= 0.6 is 0 Å². The SMILES string of the molecule is CC[C@H](C)[C@H](NS(=O)(=O)c1cccc(F)c1C#N)C(=O)O. The van der Waals surface area contributed by atoms with Crippen LogP contribution in [-0.4, -0.2) is 25.5 Å². The first-order valence-electron chi connectivity index (χ1n) is 6.18. The predicted octanol–water partition coefficient (Wildman–Crippen LogP) is 1.47. The summed E-state index contributed by atoms with van der Waals surface area (Å²) in [6.45, 7) is 3.30. The second-order valence-electron chi connectivity index (χ2n) is 4.55. The highest BCUT2D eigenvalue weighted by Crippen LogP contribution is 2.19. The summed E-state index contributed by atoms with van der Waals surface area (Å²) in [5.74, 6) is -2.77. The molecule has 114 valence electrons. The maximum atomic E-state index is 13.5. The molecule has 0 saturated carbocycles. The van der Waals surface area contributed by atoms with Crippen LogP contribution in [0.2, 0.25) is 0 Å². The van der Waals surface area contributed by atoms with Crippen LogP contribution in [0.5, 0.6) is 0 Å². The summed E-state index contributed by atoms with van der Waals surface area (Å²) in [6.07, 6.45) is 0.438. The Morgan fingerprint density at radius 1 is 1.52 bits per heavy atom. The maximum Gasteiger partial charge on any atom is 0.322 e. The zero-order chi connectivity index (χ0) is 16.2. The van der Waals surface area contributed by atoms with Crippen LogP contribution in [0.1, 0.15) is 25.8 Å². The molecule has 0 aliphatic rings. The van der Waals surface area contributed by atoms with E-state index < -0.39 is 44.2 Å². The van der Waals surface area contributed by atoms with Gasteiger partial charge in [-0.05, 0) is 18.1 Å². The van der Waals surface area contributed by atoms with Gasteiger partial charge in [-0.3, -0.25) is 4.79 Å². The van der Waals surface area contributed by atoms with Gasteiger partial charge in [0.15, 0.2) is 0 Å². The van der Waals surface area contributed by atoms with E-state index in [4.69, 9.17) is 10.4 Å². The van der Waals surface area contributed by atoms with Crippen LogP contribution in [0.4, 0.5) is 4.39 Å². The van der Waals surface area contributed by atoms with Gasteiger partial charge in [0.2, 0.25) is 10.0 Å². The number of carboxylic acids is 1. The number of halogens is 1. The number of carbonyl (C=O) groups is 1. The molecular weight excluding hydrogens is 299 g/mol. The fourth-order valence-electron chi connectivity index (χ4n) is 1.71. The molecule has 1 aromatic carbocycles. The summed E-state index contributed by atoms with van der Waals surface area (Å²) in [5.41, 5.74) is -0.640. The van der Waals surface area contributed by atoms with Crippen LogP contribution in [0.15, 0.2) is 23.1 Å². The van der Waals surface area contributed by atoms with E-state index in [1.165, 1.54) is 6.07 Å². The van der Waals surface area contributed by atoms with Crippen LogP contribution in [-0.2, 0) is 14.8 Å². The Morgan fingerprint density at radius 3 is 2.62 bits per heavy atom. The van der Waals surface area contributed by atoms with Gasteiger partial charge in [0.25, 0.3) is 0 Å². The van der Waals surface area contributed by atoms with Crippen LogP contribution < -0.4 is 4.72 Å². The summed E-state index contributed by atoms with van der Waals surface area (Å²) in [6, 6.07) is 3.28. The number of carboxylic acid groups (broad SMARTS) is 1. The monoisotopic (exact) mass is 314 g/mol. The van der Waals surface area contributed by atoms with E-state index >= 15 is 0 Å². The lowest BCUT2D eigenvalue weighted by atomic mass is 10.0. The molecule has 6 nitrogen and oxygen atoms in total. The summed E-state index contributed by atoms with van der Waals surface area (Å²) in [7, 11) is -4.32. The van der Waals surface area contributed by atoms with Gasteiger partial charge in [0.1, 0.15) is 28.4 Å². The van der Waals surface area contributed by atoms with Gasteiger partial charge in [0, 0.05) is 0 Å². The molecule has 0 radical (unpaired) electrons. The fourth-order valence-corrected chi connectivity index (χ4v) is 3.18. The lowest BCUT2D eigenvalue weighted by Gasteiger charge is -2.20. The summed E-state index contributed by atoms with van der Waals surface area (Å²) >= 11 is 0. The van der Waals surface area contributed by atoms with Crippen molar-refractivity contribution in [1.29, 1.82) is 5.26 Å². The molecule has 0 fully saturated rings. The van der Waals surface area contributed by atoms with E-state index in [2.05, 4.69) is 0 Å². The molecule has 0 aliphatic carbocycles. The van der Waals surface area contributed by atoms with Gasteiger partial charge in [-0.15, -0.1) is 0 Å². The zero-order valence-electron chi connectivity index (χ0n) is 11.5. The lowest BCUT2D eigenvalue weighted by molar-refractivity contribution is -0.140. The highest BCUT2D eigenvalue weighted by atomic mass is 32.2. The molecule has 0 unspecified atom stereocenters. The molecule has 2 atom stereocenters. The third-order valence-corrected chi connectivity index (χ3v) is 4.62. The Hall–Kier alpha value is -1.98. The number of hydrogen-bond acceptors (Lipinski definition) is 4. The quantitative estimate of drug-likeness (QED) is 0.827. The van der Waals surface area contributed by atoms with Crippen molar-refractivity contribution in [1.82, 2.24) is 4.72 Å². The molecule has 0 aromatic heterocycles. The third kappa shape index (κ3) is 3.77. The first-order valence-corrected chi connectivity index (χ1v) is 7.66. The molecule has 2 N–H and O–H groups in total. The van der Waals surface area contributed by atoms with E-state index in [0.717, 1.165) is 18.2 Å². The third-order valence-electron chi connectivity index (χ3n) is 3.14. The minimum absolute atomic E-state index is 0.438. The Kier molecular flexibility index (Phi) is 5.41. The number of sulfonamides is 1. The molecule has 21 heavy (non-hydrogen) atoms. The minimum Gasteiger partial charge on any atom is -0.480 e. The smallest absolute Gasteiger partial charge is 0.322 e. The van der Waals surface area contributed by atoms with E-state index in [0.29, 0.717) is 6.42 Å². The Morgan fingerprint density at radius 2 is 2.14 bits per heavy atom. The summed E-state index contributed by atoms with van der Waals surface area (Å²) < 4.78 is 39.9. The van der Waals surface area contributed by atoms with E-state index in [1.807, 2.05) is 4.72 Å². The van der Waals surface area contributed by atoms with E-state index in [-0.39, 0.29) is 0 Å². The average molecular weight is 314 g/mol. The summed E-state index contributed by atoms with van der Waals surface area (Å²) in [5, 5.41) is 18.0. The average Bonchev–Trinajstić information content (AvgIpc) is 2.43.